The number of carbonyl (C=O) groups is 1. The van der Waals surface area contributed by atoms with Gasteiger partial charge < -0.3 is 10.3 Å². The lowest BCUT2D eigenvalue weighted by Gasteiger charge is -2.32. The Kier molecular flexibility index (Phi) is 5.33. The number of nitrogens with zero attached hydrogens (tertiary/aromatic N) is 2. The zero-order valence-corrected chi connectivity index (χ0v) is 16.4. The molecule has 0 unspecified atom stereocenters. The van der Waals surface area contributed by atoms with Gasteiger partial charge in [-0.25, -0.2) is 4.79 Å². The van der Waals surface area contributed by atoms with Crippen LogP contribution >= 0.6 is 22.9 Å². The third kappa shape index (κ3) is 4.10. The standard InChI is InChI=1S/C19H21ClN4O2S/c20-17-6-5-14(27-17)11-21-18(25)12-23-9-7-13(8-10-23)24-16-4-2-1-3-15(16)22-19(24)26/h1-6,13H,7-12H2,(H,21,25)(H,22,26). The fourth-order valence-electron chi connectivity index (χ4n) is 3.66. The molecule has 3 heterocycles. The van der Waals surface area contributed by atoms with E-state index in [1.807, 2.05) is 41.0 Å². The second-order valence-electron chi connectivity index (χ2n) is 6.81. The number of rotatable bonds is 5. The summed E-state index contributed by atoms with van der Waals surface area (Å²) in [4.78, 5) is 30.6. The predicted octanol–water partition coefficient (Wildman–Crippen LogP) is 3.00. The summed E-state index contributed by atoms with van der Waals surface area (Å²) in [7, 11) is 0. The lowest BCUT2D eigenvalue weighted by atomic mass is 10.0. The Labute approximate surface area is 165 Å². The number of fused-ring (bicyclic) bond motifs is 1. The number of benzene rings is 1. The highest BCUT2D eigenvalue weighted by molar-refractivity contribution is 7.16. The first-order valence-corrected chi connectivity index (χ1v) is 10.2. The van der Waals surface area contributed by atoms with E-state index in [0.717, 1.165) is 46.2 Å². The first-order valence-electron chi connectivity index (χ1n) is 9.02. The van der Waals surface area contributed by atoms with Crippen molar-refractivity contribution in [1.29, 1.82) is 0 Å². The number of nitrogens with one attached hydrogen (secondary N) is 2. The Morgan fingerprint density at radius 2 is 2.00 bits per heavy atom. The van der Waals surface area contributed by atoms with Crippen LogP contribution < -0.4 is 11.0 Å². The maximum atomic E-state index is 12.3. The molecule has 8 heteroatoms. The minimum absolute atomic E-state index is 0.0160. The molecular formula is C19H21ClN4O2S. The quantitative estimate of drug-likeness (QED) is 0.686. The van der Waals surface area contributed by atoms with Crippen LogP contribution in [0.15, 0.2) is 41.2 Å². The first-order chi connectivity index (χ1) is 13.1. The second-order valence-corrected chi connectivity index (χ2v) is 8.61. The van der Waals surface area contributed by atoms with Gasteiger partial charge in [0, 0.05) is 24.0 Å². The van der Waals surface area contributed by atoms with Crippen LogP contribution in [0.5, 0.6) is 0 Å². The van der Waals surface area contributed by atoms with Crippen molar-refractivity contribution >= 4 is 39.9 Å². The number of aromatic amines is 1. The third-order valence-electron chi connectivity index (χ3n) is 5.00. The minimum atomic E-state index is -0.0537. The van der Waals surface area contributed by atoms with Gasteiger partial charge in [-0.15, -0.1) is 11.3 Å². The van der Waals surface area contributed by atoms with Crippen LogP contribution in [0, 0.1) is 0 Å². The number of piperidine rings is 1. The molecule has 4 rings (SSSR count). The molecule has 0 radical (unpaired) electrons. The number of imidazole rings is 1. The van der Waals surface area contributed by atoms with Crippen LogP contribution in [0.3, 0.4) is 0 Å². The van der Waals surface area contributed by atoms with Crippen molar-refractivity contribution in [3.8, 4) is 0 Å². The number of aromatic nitrogens is 2. The molecule has 1 aliphatic heterocycles. The zero-order chi connectivity index (χ0) is 18.8. The Balaban J connectivity index is 1.31. The highest BCUT2D eigenvalue weighted by Crippen LogP contribution is 2.25. The van der Waals surface area contributed by atoms with Crippen LogP contribution in [0.2, 0.25) is 4.34 Å². The minimum Gasteiger partial charge on any atom is -0.350 e. The Morgan fingerprint density at radius 1 is 1.22 bits per heavy atom. The SMILES string of the molecule is O=C(CN1CCC(n2c(=O)[nH]c3ccccc32)CC1)NCc1ccc(Cl)s1. The molecule has 2 N–H and O–H groups in total. The fraction of sp³-hybridized carbons (Fsp3) is 0.368. The molecule has 3 aromatic rings. The van der Waals surface area contributed by atoms with Crippen molar-refractivity contribution in [3.05, 3.63) is 56.1 Å². The number of thiophene rings is 1. The number of hydrogen-bond donors (Lipinski definition) is 2. The number of carbonyl (C=O) groups excluding carboxylic acids is 1. The molecule has 1 fully saturated rings. The number of amides is 1. The average Bonchev–Trinajstić information content (AvgIpc) is 3.23. The molecule has 6 nitrogen and oxygen atoms in total. The van der Waals surface area contributed by atoms with E-state index in [2.05, 4.69) is 15.2 Å². The van der Waals surface area contributed by atoms with Gasteiger partial charge in [-0.3, -0.25) is 14.3 Å². The smallest absolute Gasteiger partial charge is 0.326 e. The van der Waals surface area contributed by atoms with E-state index in [-0.39, 0.29) is 17.6 Å². The van der Waals surface area contributed by atoms with E-state index in [9.17, 15) is 9.59 Å². The van der Waals surface area contributed by atoms with Crippen molar-refractivity contribution < 1.29 is 4.79 Å². The molecule has 0 atom stereocenters. The average molecular weight is 405 g/mol. The first kappa shape index (κ1) is 18.3. The third-order valence-corrected chi connectivity index (χ3v) is 6.23. The zero-order valence-electron chi connectivity index (χ0n) is 14.8. The van der Waals surface area contributed by atoms with E-state index in [1.54, 1.807) is 0 Å². The van der Waals surface area contributed by atoms with Gasteiger partial charge in [0.2, 0.25) is 5.91 Å². The molecule has 0 aliphatic carbocycles. The van der Waals surface area contributed by atoms with E-state index >= 15 is 0 Å². The topological polar surface area (TPSA) is 70.1 Å². The number of halogens is 1. The van der Waals surface area contributed by atoms with Crippen molar-refractivity contribution in [2.24, 2.45) is 0 Å². The summed E-state index contributed by atoms with van der Waals surface area (Å²) in [5, 5.41) is 2.94. The molecule has 142 valence electrons. The van der Waals surface area contributed by atoms with Gasteiger partial charge in [0.1, 0.15) is 0 Å². The van der Waals surface area contributed by atoms with E-state index < -0.39 is 0 Å². The molecule has 27 heavy (non-hydrogen) atoms. The molecule has 0 saturated carbocycles. The summed E-state index contributed by atoms with van der Waals surface area (Å²) >= 11 is 7.38. The van der Waals surface area contributed by atoms with E-state index in [4.69, 9.17) is 11.6 Å². The van der Waals surface area contributed by atoms with Crippen LogP contribution in [0.25, 0.3) is 11.0 Å². The van der Waals surface area contributed by atoms with E-state index in [0.29, 0.717) is 13.1 Å². The van der Waals surface area contributed by atoms with Crippen molar-refractivity contribution in [1.82, 2.24) is 19.8 Å². The number of H-pyrrole nitrogens is 1. The highest BCUT2D eigenvalue weighted by Gasteiger charge is 2.24. The Morgan fingerprint density at radius 3 is 2.74 bits per heavy atom. The summed E-state index contributed by atoms with van der Waals surface area (Å²) < 4.78 is 2.60. The molecular weight excluding hydrogens is 384 g/mol. The van der Waals surface area contributed by atoms with Gasteiger partial charge in [0.25, 0.3) is 0 Å². The van der Waals surface area contributed by atoms with Crippen LogP contribution in [0.1, 0.15) is 23.8 Å². The normalized spacial score (nSPS) is 16.0. The molecule has 0 spiro atoms. The molecule has 0 bridgehead atoms. The van der Waals surface area contributed by atoms with Crippen molar-refractivity contribution in [2.75, 3.05) is 19.6 Å². The molecule has 1 saturated heterocycles. The van der Waals surface area contributed by atoms with E-state index in [1.165, 1.54) is 11.3 Å². The fourth-order valence-corrected chi connectivity index (χ4v) is 4.69. The lowest BCUT2D eigenvalue weighted by molar-refractivity contribution is -0.122. The van der Waals surface area contributed by atoms with Crippen molar-refractivity contribution in [3.63, 3.8) is 0 Å². The van der Waals surface area contributed by atoms with Crippen LogP contribution in [-0.2, 0) is 11.3 Å². The van der Waals surface area contributed by atoms with Crippen molar-refractivity contribution in [2.45, 2.75) is 25.4 Å². The van der Waals surface area contributed by atoms with Gasteiger partial charge in [0.05, 0.1) is 28.5 Å². The van der Waals surface area contributed by atoms with Gasteiger partial charge in [-0.05, 0) is 37.1 Å². The Bertz CT molecular complexity index is 1000. The molecule has 1 amide bonds. The predicted molar refractivity (Wildman–Crippen MR) is 108 cm³/mol. The number of hydrogen-bond acceptors (Lipinski definition) is 4. The van der Waals surface area contributed by atoms with Crippen LogP contribution in [-0.4, -0.2) is 40.0 Å². The van der Waals surface area contributed by atoms with Gasteiger partial charge in [0.15, 0.2) is 0 Å². The van der Waals surface area contributed by atoms with Gasteiger partial charge >= 0.3 is 5.69 Å². The molecule has 2 aromatic heterocycles. The maximum Gasteiger partial charge on any atom is 0.326 e. The highest BCUT2D eigenvalue weighted by atomic mass is 35.5. The monoisotopic (exact) mass is 404 g/mol. The van der Waals surface area contributed by atoms with Crippen LogP contribution in [0.4, 0.5) is 0 Å². The van der Waals surface area contributed by atoms with Gasteiger partial charge in [-0.1, -0.05) is 23.7 Å². The molecule has 1 aromatic carbocycles. The largest absolute Gasteiger partial charge is 0.350 e. The summed E-state index contributed by atoms with van der Waals surface area (Å²) in [5.74, 6) is 0.0160. The summed E-state index contributed by atoms with van der Waals surface area (Å²) in [6, 6.07) is 11.7. The number of likely N-dealkylation sites (tertiary alicyclic amines) is 1. The lowest BCUT2D eigenvalue weighted by Crippen LogP contribution is -2.42. The molecule has 1 aliphatic rings. The summed E-state index contributed by atoms with van der Waals surface area (Å²) in [5.41, 5.74) is 1.77. The summed E-state index contributed by atoms with van der Waals surface area (Å²) in [6.45, 7) is 2.50. The van der Waals surface area contributed by atoms with Gasteiger partial charge in [-0.2, -0.15) is 0 Å². The maximum absolute atomic E-state index is 12.3. The number of para-hydroxylation sites is 2. The second kappa shape index (κ2) is 7.88. The Hall–Kier alpha value is -2.09. The summed E-state index contributed by atoms with van der Waals surface area (Å²) in [6.07, 6.45) is 1.71.